The Morgan fingerprint density at radius 2 is 1.50 bits per heavy atom. The molecule has 1 saturated heterocycles. The Kier molecular flexibility index (Phi) is 6.25. The van der Waals surface area contributed by atoms with Crippen LogP contribution >= 0.6 is 0 Å². The van der Waals surface area contributed by atoms with Gasteiger partial charge in [-0.2, -0.15) is 0 Å². The first-order valence-electron chi connectivity index (χ1n) is 6.59. The molecule has 1 rings (SSSR count). The molecular formula is C13H27N. The van der Waals surface area contributed by atoms with Gasteiger partial charge in [0.1, 0.15) is 0 Å². The zero-order valence-corrected chi connectivity index (χ0v) is 10.1. The van der Waals surface area contributed by atoms with Crippen LogP contribution in [0.25, 0.3) is 0 Å². The third kappa shape index (κ3) is 4.45. The molecule has 1 nitrogen and oxygen atoms in total. The molecule has 0 radical (unpaired) electrons. The molecule has 0 saturated carbocycles. The molecule has 0 aromatic rings. The second-order valence-corrected chi connectivity index (χ2v) is 4.78. The molecule has 0 aromatic carbocycles. The summed E-state index contributed by atoms with van der Waals surface area (Å²) in [7, 11) is 0. The maximum absolute atomic E-state index is 2.65. The molecule has 1 fully saturated rings. The van der Waals surface area contributed by atoms with Gasteiger partial charge in [-0.05, 0) is 44.8 Å². The lowest BCUT2D eigenvalue weighted by molar-refractivity contribution is 0.287. The van der Waals surface area contributed by atoms with Crippen LogP contribution in [0.1, 0.15) is 58.8 Å². The molecule has 1 aliphatic heterocycles. The first-order chi connectivity index (χ1) is 6.86. The van der Waals surface area contributed by atoms with Crippen molar-refractivity contribution >= 4 is 0 Å². The Labute approximate surface area is 89.9 Å². The van der Waals surface area contributed by atoms with Crippen LogP contribution in [-0.2, 0) is 0 Å². The van der Waals surface area contributed by atoms with Gasteiger partial charge in [-0.3, -0.25) is 0 Å². The monoisotopic (exact) mass is 197 g/mol. The van der Waals surface area contributed by atoms with Gasteiger partial charge in [0.15, 0.2) is 0 Å². The first-order valence-corrected chi connectivity index (χ1v) is 6.59. The predicted molar refractivity (Wildman–Crippen MR) is 63.6 cm³/mol. The van der Waals surface area contributed by atoms with E-state index in [2.05, 4.69) is 18.7 Å². The van der Waals surface area contributed by atoms with Crippen molar-refractivity contribution in [2.45, 2.75) is 58.8 Å². The number of hydrogen-bond acceptors (Lipinski definition) is 1. The highest BCUT2D eigenvalue weighted by molar-refractivity contribution is 4.68. The lowest BCUT2D eigenvalue weighted by atomic mass is 9.95. The van der Waals surface area contributed by atoms with Crippen LogP contribution in [0.3, 0.4) is 0 Å². The van der Waals surface area contributed by atoms with Gasteiger partial charge >= 0.3 is 0 Å². The lowest BCUT2D eigenvalue weighted by Crippen LogP contribution is -2.22. The van der Waals surface area contributed by atoms with Crippen LogP contribution in [-0.4, -0.2) is 24.5 Å². The summed E-state index contributed by atoms with van der Waals surface area (Å²) < 4.78 is 0. The van der Waals surface area contributed by atoms with Crippen molar-refractivity contribution in [1.82, 2.24) is 4.90 Å². The van der Waals surface area contributed by atoms with Crippen molar-refractivity contribution in [2.24, 2.45) is 5.92 Å². The maximum atomic E-state index is 2.65. The van der Waals surface area contributed by atoms with Crippen LogP contribution < -0.4 is 0 Å². The van der Waals surface area contributed by atoms with Crippen molar-refractivity contribution in [3.05, 3.63) is 0 Å². The highest BCUT2D eigenvalue weighted by Crippen LogP contribution is 2.19. The summed E-state index contributed by atoms with van der Waals surface area (Å²) in [4.78, 5) is 2.65. The third-order valence-corrected chi connectivity index (χ3v) is 3.45. The van der Waals surface area contributed by atoms with E-state index in [1.54, 1.807) is 0 Å². The summed E-state index contributed by atoms with van der Waals surface area (Å²) in [5.41, 5.74) is 0. The van der Waals surface area contributed by atoms with Crippen LogP contribution in [0.5, 0.6) is 0 Å². The molecule has 0 spiro atoms. The largest absolute Gasteiger partial charge is 0.303 e. The molecule has 0 atom stereocenters. The summed E-state index contributed by atoms with van der Waals surface area (Å²) >= 11 is 0. The fraction of sp³-hybridized carbons (Fsp3) is 1.00. The summed E-state index contributed by atoms with van der Waals surface area (Å²) in [5.74, 6) is 1.01. The van der Waals surface area contributed by atoms with E-state index in [1.807, 2.05) is 0 Å². The Hall–Kier alpha value is -0.0400. The second-order valence-electron chi connectivity index (χ2n) is 4.78. The minimum absolute atomic E-state index is 1.01. The SMILES string of the molecule is CCCC(CCC)CCN1CCCC1. The summed E-state index contributed by atoms with van der Waals surface area (Å²) in [6.07, 6.45) is 9.94. The molecule has 84 valence electrons. The quantitative estimate of drug-likeness (QED) is 0.601. The molecule has 0 bridgehead atoms. The zero-order chi connectivity index (χ0) is 10.2. The minimum atomic E-state index is 1.01. The average Bonchev–Trinajstić information content (AvgIpc) is 2.67. The van der Waals surface area contributed by atoms with Gasteiger partial charge in [0.25, 0.3) is 0 Å². The Bertz CT molecular complexity index is 121. The predicted octanol–water partition coefficient (Wildman–Crippen LogP) is 3.69. The van der Waals surface area contributed by atoms with Crippen LogP contribution in [0.2, 0.25) is 0 Å². The van der Waals surface area contributed by atoms with Crippen molar-refractivity contribution in [3.8, 4) is 0 Å². The standard InChI is InChI=1S/C13H27N/c1-3-7-13(8-4-2)9-12-14-10-5-6-11-14/h13H,3-12H2,1-2H3. The summed E-state index contributed by atoms with van der Waals surface area (Å²) in [5, 5.41) is 0. The zero-order valence-electron chi connectivity index (χ0n) is 10.1. The molecule has 1 heteroatoms. The second kappa shape index (κ2) is 7.28. The normalized spacial score (nSPS) is 18.2. The van der Waals surface area contributed by atoms with E-state index >= 15 is 0 Å². The van der Waals surface area contributed by atoms with Crippen LogP contribution in [0.4, 0.5) is 0 Å². The van der Waals surface area contributed by atoms with Gasteiger partial charge in [0, 0.05) is 0 Å². The van der Waals surface area contributed by atoms with Crippen molar-refractivity contribution in [3.63, 3.8) is 0 Å². The Morgan fingerprint density at radius 3 is 2.00 bits per heavy atom. The number of likely N-dealkylation sites (tertiary alicyclic amines) is 1. The number of nitrogens with zero attached hydrogens (tertiary/aromatic N) is 1. The van der Waals surface area contributed by atoms with Gasteiger partial charge in [0.2, 0.25) is 0 Å². The van der Waals surface area contributed by atoms with E-state index in [0.29, 0.717) is 0 Å². The molecule has 1 heterocycles. The van der Waals surface area contributed by atoms with E-state index < -0.39 is 0 Å². The van der Waals surface area contributed by atoms with Crippen molar-refractivity contribution in [2.75, 3.05) is 19.6 Å². The summed E-state index contributed by atoms with van der Waals surface area (Å²) in [6, 6.07) is 0. The molecule has 0 aliphatic carbocycles. The van der Waals surface area contributed by atoms with Crippen LogP contribution in [0, 0.1) is 5.92 Å². The average molecular weight is 197 g/mol. The molecule has 0 amide bonds. The van der Waals surface area contributed by atoms with E-state index in [4.69, 9.17) is 0 Å². The molecule has 0 aromatic heterocycles. The van der Waals surface area contributed by atoms with E-state index in [0.717, 1.165) is 5.92 Å². The Balaban J connectivity index is 2.10. The smallest absolute Gasteiger partial charge is 0.00161 e. The van der Waals surface area contributed by atoms with Gasteiger partial charge in [0.05, 0.1) is 0 Å². The van der Waals surface area contributed by atoms with E-state index in [-0.39, 0.29) is 0 Å². The number of rotatable bonds is 7. The molecule has 0 N–H and O–H groups in total. The van der Waals surface area contributed by atoms with Crippen molar-refractivity contribution in [1.29, 1.82) is 0 Å². The van der Waals surface area contributed by atoms with Crippen molar-refractivity contribution < 1.29 is 0 Å². The van der Waals surface area contributed by atoms with Gasteiger partial charge in [-0.1, -0.05) is 39.5 Å². The molecular weight excluding hydrogens is 170 g/mol. The minimum Gasteiger partial charge on any atom is -0.303 e. The van der Waals surface area contributed by atoms with E-state index in [1.165, 1.54) is 64.6 Å². The lowest BCUT2D eigenvalue weighted by Gasteiger charge is -2.20. The van der Waals surface area contributed by atoms with Crippen LogP contribution in [0.15, 0.2) is 0 Å². The molecule has 1 aliphatic rings. The topological polar surface area (TPSA) is 3.24 Å². The van der Waals surface area contributed by atoms with E-state index in [9.17, 15) is 0 Å². The highest BCUT2D eigenvalue weighted by atomic mass is 15.1. The maximum Gasteiger partial charge on any atom is -0.00161 e. The fourth-order valence-electron chi connectivity index (χ4n) is 2.62. The van der Waals surface area contributed by atoms with Gasteiger partial charge < -0.3 is 4.90 Å². The Morgan fingerprint density at radius 1 is 0.929 bits per heavy atom. The van der Waals surface area contributed by atoms with Gasteiger partial charge in [-0.25, -0.2) is 0 Å². The van der Waals surface area contributed by atoms with Gasteiger partial charge in [-0.15, -0.1) is 0 Å². The highest BCUT2D eigenvalue weighted by Gasteiger charge is 2.13. The molecule has 0 unspecified atom stereocenters. The molecule has 14 heavy (non-hydrogen) atoms. The summed E-state index contributed by atoms with van der Waals surface area (Å²) in [6.45, 7) is 8.73. The third-order valence-electron chi connectivity index (χ3n) is 3.45. The fourth-order valence-corrected chi connectivity index (χ4v) is 2.62. The first kappa shape index (κ1) is 12.0. The number of hydrogen-bond donors (Lipinski definition) is 0.